The van der Waals surface area contributed by atoms with Crippen molar-refractivity contribution in [1.82, 2.24) is 5.32 Å². The summed E-state index contributed by atoms with van der Waals surface area (Å²) in [5, 5.41) is 13.5. The molecular formula is C15H11F2N3O4. The van der Waals surface area contributed by atoms with Gasteiger partial charge in [0.15, 0.2) is 0 Å². The molecule has 0 saturated heterocycles. The summed E-state index contributed by atoms with van der Waals surface area (Å²) >= 11 is 0. The summed E-state index contributed by atoms with van der Waals surface area (Å²) in [6.45, 7) is -0.123. The van der Waals surface area contributed by atoms with Crippen molar-refractivity contribution in [2.75, 3.05) is 12.3 Å². The van der Waals surface area contributed by atoms with Crippen LogP contribution < -0.4 is 15.8 Å². The number of amides is 1. The highest BCUT2D eigenvalue weighted by molar-refractivity contribution is 6.03. The third kappa shape index (κ3) is 2.60. The third-order valence-corrected chi connectivity index (χ3v) is 3.61. The van der Waals surface area contributed by atoms with Gasteiger partial charge in [-0.15, -0.1) is 0 Å². The van der Waals surface area contributed by atoms with Gasteiger partial charge >= 0.3 is 0 Å². The predicted octanol–water partition coefficient (Wildman–Crippen LogP) is 2.32. The van der Waals surface area contributed by atoms with Crippen molar-refractivity contribution in [2.45, 2.75) is 6.04 Å². The van der Waals surface area contributed by atoms with Gasteiger partial charge in [0.25, 0.3) is 11.6 Å². The van der Waals surface area contributed by atoms with E-state index in [1.165, 1.54) is 12.1 Å². The van der Waals surface area contributed by atoms with E-state index in [1.54, 1.807) is 0 Å². The Morgan fingerprint density at radius 3 is 2.83 bits per heavy atom. The fraction of sp³-hybridized carbons (Fsp3) is 0.133. The van der Waals surface area contributed by atoms with Gasteiger partial charge in [-0.25, -0.2) is 8.78 Å². The van der Waals surface area contributed by atoms with Gasteiger partial charge in [-0.1, -0.05) is 6.07 Å². The SMILES string of the molecule is Nc1cccc([N+](=O)[O-])c1C(=O)N[C@H]1COc2cc(F)cc(F)c21. The molecule has 1 aliphatic rings. The van der Waals surface area contributed by atoms with Crippen molar-refractivity contribution in [1.29, 1.82) is 0 Å². The Balaban J connectivity index is 1.93. The summed E-state index contributed by atoms with van der Waals surface area (Å²) in [6.07, 6.45) is 0. The first-order valence-electron chi connectivity index (χ1n) is 6.84. The molecule has 3 rings (SSSR count). The summed E-state index contributed by atoms with van der Waals surface area (Å²) in [5.41, 5.74) is 4.78. The van der Waals surface area contributed by atoms with Crippen LogP contribution in [-0.4, -0.2) is 17.4 Å². The number of nitrogens with zero attached hydrogens (tertiary/aromatic N) is 1. The number of carbonyl (C=O) groups is 1. The molecule has 0 unspecified atom stereocenters. The van der Waals surface area contributed by atoms with Crippen molar-refractivity contribution >= 4 is 17.3 Å². The van der Waals surface area contributed by atoms with E-state index in [-0.39, 0.29) is 29.2 Å². The molecule has 1 aliphatic heterocycles. The highest BCUT2D eigenvalue weighted by Crippen LogP contribution is 2.36. The molecule has 1 amide bonds. The number of rotatable bonds is 3. The van der Waals surface area contributed by atoms with Crippen molar-refractivity contribution in [3.63, 3.8) is 0 Å². The van der Waals surface area contributed by atoms with Crippen molar-refractivity contribution in [3.05, 3.63) is 63.2 Å². The van der Waals surface area contributed by atoms with E-state index in [2.05, 4.69) is 5.32 Å². The molecule has 0 radical (unpaired) electrons. The molecule has 2 aromatic carbocycles. The van der Waals surface area contributed by atoms with Crippen LogP contribution in [-0.2, 0) is 0 Å². The Bertz CT molecular complexity index is 857. The summed E-state index contributed by atoms with van der Waals surface area (Å²) in [6, 6.07) is 4.60. The number of fused-ring (bicyclic) bond motifs is 1. The highest BCUT2D eigenvalue weighted by Gasteiger charge is 2.32. The van der Waals surface area contributed by atoms with Crippen LogP contribution in [0.4, 0.5) is 20.2 Å². The zero-order chi connectivity index (χ0) is 17.4. The van der Waals surface area contributed by atoms with E-state index in [9.17, 15) is 23.7 Å². The molecule has 0 fully saturated rings. The molecule has 1 atom stereocenters. The van der Waals surface area contributed by atoms with Crippen molar-refractivity contribution < 1.29 is 23.2 Å². The lowest BCUT2D eigenvalue weighted by atomic mass is 10.1. The van der Waals surface area contributed by atoms with Crippen LogP contribution in [0.3, 0.4) is 0 Å². The van der Waals surface area contributed by atoms with Crippen LogP contribution in [0, 0.1) is 21.7 Å². The molecule has 0 aromatic heterocycles. The summed E-state index contributed by atoms with van der Waals surface area (Å²) < 4.78 is 32.3. The number of nitrogens with two attached hydrogens (primary N) is 1. The largest absolute Gasteiger partial charge is 0.490 e. The maximum atomic E-state index is 13.9. The molecule has 0 saturated carbocycles. The van der Waals surface area contributed by atoms with Gasteiger partial charge in [0, 0.05) is 18.2 Å². The van der Waals surface area contributed by atoms with Crippen LogP contribution in [0.25, 0.3) is 0 Å². The molecule has 24 heavy (non-hydrogen) atoms. The first-order chi connectivity index (χ1) is 11.4. The number of nitrogens with one attached hydrogen (secondary N) is 1. The number of hydrogen-bond donors (Lipinski definition) is 2. The Morgan fingerprint density at radius 1 is 1.38 bits per heavy atom. The summed E-state index contributed by atoms with van der Waals surface area (Å²) in [4.78, 5) is 22.7. The molecule has 9 heteroatoms. The second-order valence-corrected chi connectivity index (χ2v) is 5.13. The Hall–Kier alpha value is -3.23. The maximum Gasteiger partial charge on any atom is 0.284 e. The number of nitro benzene ring substituents is 1. The second-order valence-electron chi connectivity index (χ2n) is 5.13. The molecular weight excluding hydrogens is 324 g/mol. The Kier molecular flexibility index (Phi) is 3.76. The minimum Gasteiger partial charge on any atom is -0.490 e. The smallest absolute Gasteiger partial charge is 0.284 e. The topological polar surface area (TPSA) is 107 Å². The fourth-order valence-electron chi connectivity index (χ4n) is 2.58. The van der Waals surface area contributed by atoms with Crippen LogP contribution in [0.15, 0.2) is 30.3 Å². The first kappa shape index (κ1) is 15.7. The average Bonchev–Trinajstić information content (AvgIpc) is 2.89. The van der Waals surface area contributed by atoms with Crippen molar-refractivity contribution in [2.24, 2.45) is 0 Å². The van der Waals surface area contributed by atoms with Gasteiger partial charge in [-0.05, 0) is 6.07 Å². The number of hydrogen-bond acceptors (Lipinski definition) is 5. The average molecular weight is 335 g/mol. The van der Waals surface area contributed by atoms with Gasteiger partial charge in [0.1, 0.15) is 29.6 Å². The number of nitro groups is 1. The van der Waals surface area contributed by atoms with E-state index >= 15 is 0 Å². The number of nitrogen functional groups attached to an aromatic ring is 1. The number of carbonyl (C=O) groups excluding carboxylic acids is 1. The fourth-order valence-corrected chi connectivity index (χ4v) is 2.58. The number of anilines is 1. The molecule has 1 heterocycles. The normalized spacial score (nSPS) is 15.5. The van der Waals surface area contributed by atoms with E-state index in [4.69, 9.17) is 10.5 Å². The van der Waals surface area contributed by atoms with Gasteiger partial charge in [0.2, 0.25) is 0 Å². The summed E-state index contributed by atoms with van der Waals surface area (Å²) in [5.74, 6) is -2.54. The van der Waals surface area contributed by atoms with Gasteiger partial charge in [-0.3, -0.25) is 14.9 Å². The number of ether oxygens (including phenoxy) is 1. The van der Waals surface area contributed by atoms with Crippen LogP contribution in [0.2, 0.25) is 0 Å². The monoisotopic (exact) mass is 335 g/mol. The maximum absolute atomic E-state index is 13.9. The van der Waals surface area contributed by atoms with Crippen LogP contribution >= 0.6 is 0 Å². The number of benzene rings is 2. The summed E-state index contributed by atoms with van der Waals surface area (Å²) in [7, 11) is 0. The van der Waals surface area contributed by atoms with E-state index in [0.717, 1.165) is 12.1 Å². The molecule has 0 aliphatic carbocycles. The highest BCUT2D eigenvalue weighted by atomic mass is 19.1. The molecule has 0 bridgehead atoms. The standard InChI is InChI=1S/C15H11F2N3O4/c16-7-4-8(17)13-10(6-24-12(13)5-7)19-15(21)14-9(18)2-1-3-11(14)20(22)23/h1-5,10H,6,18H2,(H,19,21)/t10-/m0/s1. The van der Waals surface area contributed by atoms with Gasteiger partial charge in [-0.2, -0.15) is 0 Å². The Labute approximate surface area is 134 Å². The van der Waals surface area contributed by atoms with E-state index in [0.29, 0.717) is 6.07 Å². The lowest BCUT2D eigenvalue weighted by Gasteiger charge is -2.13. The lowest BCUT2D eigenvalue weighted by molar-refractivity contribution is -0.385. The number of halogens is 2. The lowest BCUT2D eigenvalue weighted by Crippen LogP contribution is -2.31. The van der Waals surface area contributed by atoms with Gasteiger partial charge < -0.3 is 15.8 Å². The minimum atomic E-state index is -0.910. The third-order valence-electron chi connectivity index (χ3n) is 3.61. The Morgan fingerprint density at radius 2 is 2.12 bits per heavy atom. The first-order valence-corrected chi connectivity index (χ1v) is 6.84. The quantitative estimate of drug-likeness (QED) is 0.508. The van der Waals surface area contributed by atoms with E-state index < -0.39 is 34.2 Å². The van der Waals surface area contributed by atoms with Crippen molar-refractivity contribution in [3.8, 4) is 5.75 Å². The zero-order valence-electron chi connectivity index (χ0n) is 12.1. The molecule has 2 aromatic rings. The van der Waals surface area contributed by atoms with E-state index in [1.807, 2.05) is 0 Å². The predicted molar refractivity (Wildman–Crippen MR) is 79.6 cm³/mol. The van der Waals surface area contributed by atoms with Crippen LogP contribution in [0.5, 0.6) is 5.75 Å². The second kappa shape index (κ2) is 5.76. The van der Waals surface area contributed by atoms with Gasteiger partial charge in [0.05, 0.1) is 22.2 Å². The molecule has 0 spiro atoms. The molecule has 124 valence electrons. The molecule has 3 N–H and O–H groups in total. The van der Waals surface area contributed by atoms with Crippen LogP contribution in [0.1, 0.15) is 22.0 Å². The minimum absolute atomic E-state index is 0.0121. The molecule has 7 nitrogen and oxygen atoms in total. The zero-order valence-corrected chi connectivity index (χ0v) is 12.1.